The molecular weight excluding hydrogens is 260 g/mol. The molecule has 0 saturated heterocycles. The molecule has 0 aliphatic carbocycles. The summed E-state index contributed by atoms with van der Waals surface area (Å²) in [6.45, 7) is 1.58. The van der Waals surface area contributed by atoms with Crippen molar-refractivity contribution in [3.63, 3.8) is 0 Å². The Morgan fingerprint density at radius 1 is 1.37 bits per heavy atom. The number of nitrogens with one attached hydrogen (secondary N) is 1. The van der Waals surface area contributed by atoms with E-state index in [1.807, 2.05) is 31.3 Å². The van der Waals surface area contributed by atoms with Gasteiger partial charge in [-0.1, -0.05) is 23.9 Å². The molecule has 0 amide bonds. The van der Waals surface area contributed by atoms with Gasteiger partial charge in [-0.05, 0) is 35.2 Å². The van der Waals surface area contributed by atoms with E-state index in [2.05, 4.69) is 26.9 Å². The SMILES string of the molecule is CNCCn1nnnc1SCc1ccc(C#N)cc1. The second-order valence-corrected chi connectivity index (χ2v) is 4.83. The third kappa shape index (κ3) is 3.77. The van der Waals surface area contributed by atoms with E-state index in [0.29, 0.717) is 5.56 Å². The number of hydrogen-bond donors (Lipinski definition) is 1. The molecule has 0 atom stereocenters. The lowest BCUT2D eigenvalue weighted by molar-refractivity contribution is 0.530. The van der Waals surface area contributed by atoms with Crippen LogP contribution in [0, 0.1) is 11.3 Å². The van der Waals surface area contributed by atoms with Gasteiger partial charge in [-0.2, -0.15) is 5.26 Å². The van der Waals surface area contributed by atoms with Crippen LogP contribution in [-0.4, -0.2) is 33.8 Å². The number of rotatable bonds is 6. The molecule has 0 fully saturated rings. The van der Waals surface area contributed by atoms with E-state index >= 15 is 0 Å². The standard InChI is InChI=1S/C12H14N6S/c1-14-6-7-18-12(15-16-17-18)19-9-11-4-2-10(8-13)3-5-11/h2-5,14H,6-7,9H2,1H3. The van der Waals surface area contributed by atoms with Crippen LogP contribution in [0.5, 0.6) is 0 Å². The van der Waals surface area contributed by atoms with E-state index in [4.69, 9.17) is 5.26 Å². The third-order valence-electron chi connectivity index (χ3n) is 2.52. The zero-order valence-corrected chi connectivity index (χ0v) is 11.4. The molecule has 6 nitrogen and oxygen atoms in total. The lowest BCUT2D eigenvalue weighted by atomic mass is 10.2. The summed E-state index contributed by atoms with van der Waals surface area (Å²) in [5, 5.41) is 24.2. The summed E-state index contributed by atoms with van der Waals surface area (Å²) >= 11 is 1.59. The Bertz CT molecular complexity index is 556. The summed E-state index contributed by atoms with van der Waals surface area (Å²) in [6.07, 6.45) is 0. The molecule has 1 N–H and O–H groups in total. The van der Waals surface area contributed by atoms with Gasteiger partial charge in [0, 0.05) is 12.3 Å². The molecule has 1 aromatic heterocycles. The number of aromatic nitrogens is 4. The monoisotopic (exact) mass is 274 g/mol. The second-order valence-electron chi connectivity index (χ2n) is 3.89. The number of nitrogens with zero attached hydrogens (tertiary/aromatic N) is 5. The van der Waals surface area contributed by atoms with Gasteiger partial charge in [-0.3, -0.25) is 0 Å². The molecule has 2 rings (SSSR count). The maximum atomic E-state index is 8.74. The molecule has 0 aliphatic heterocycles. The van der Waals surface area contributed by atoms with Gasteiger partial charge in [0.25, 0.3) is 0 Å². The topological polar surface area (TPSA) is 79.4 Å². The van der Waals surface area contributed by atoms with Crippen molar-refractivity contribution in [3.05, 3.63) is 35.4 Å². The van der Waals surface area contributed by atoms with Gasteiger partial charge in [-0.15, -0.1) is 5.10 Å². The van der Waals surface area contributed by atoms with Crippen LogP contribution in [0.2, 0.25) is 0 Å². The molecule has 1 aromatic carbocycles. The molecule has 7 heteroatoms. The van der Waals surface area contributed by atoms with E-state index in [1.165, 1.54) is 0 Å². The van der Waals surface area contributed by atoms with Gasteiger partial charge >= 0.3 is 0 Å². The molecule has 0 unspecified atom stereocenters. The molecule has 1 heterocycles. The smallest absolute Gasteiger partial charge is 0.209 e. The normalized spacial score (nSPS) is 10.3. The Morgan fingerprint density at radius 2 is 2.16 bits per heavy atom. The van der Waals surface area contributed by atoms with Gasteiger partial charge < -0.3 is 5.32 Å². The fraction of sp³-hybridized carbons (Fsp3) is 0.333. The van der Waals surface area contributed by atoms with Crippen molar-refractivity contribution in [2.75, 3.05) is 13.6 Å². The van der Waals surface area contributed by atoms with E-state index in [0.717, 1.165) is 29.6 Å². The van der Waals surface area contributed by atoms with Crippen LogP contribution in [0.4, 0.5) is 0 Å². The highest BCUT2D eigenvalue weighted by Crippen LogP contribution is 2.19. The minimum Gasteiger partial charge on any atom is -0.318 e. The quantitative estimate of drug-likeness (QED) is 0.793. The number of nitriles is 1. The minimum absolute atomic E-state index is 0.674. The average Bonchev–Trinajstić information content (AvgIpc) is 2.91. The Labute approximate surface area is 115 Å². The predicted molar refractivity (Wildman–Crippen MR) is 72.5 cm³/mol. The van der Waals surface area contributed by atoms with Crippen molar-refractivity contribution in [1.82, 2.24) is 25.5 Å². The Balaban J connectivity index is 1.94. The highest BCUT2D eigenvalue weighted by molar-refractivity contribution is 7.98. The van der Waals surface area contributed by atoms with Gasteiger partial charge in [-0.25, -0.2) is 4.68 Å². The van der Waals surface area contributed by atoms with Crippen LogP contribution < -0.4 is 5.32 Å². The summed E-state index contributed by atoms with van der Waals surface area (Å²) in [6, 6.07) is 9.65. The first-order valence-electron chi connectivity index (χ1n) is 5.86. The summed E-state index contributed by atoms with van der Waals surface area (Å²) < 4.78 is 1.78. The summed E-state index contributed by atoms with van der Waals surface area (Å²) in [4.78, 5) is 0. The van der Waals surface area contributed by atoms with E-state index < -0.39 is 0 Å². The van der Waals surface area contributed by atoms with E-state index in [9.17, 15) is 0 Å². The van der Waals surface area contributed by atoms with Gasteiger partial charge in [0.2, 0.25) is 5.16 Å². The summed E-state index contributed by atoms with van der Waals surface area (Å²) in [7, 11) is 1.90. The van der Waals surface area contributed by atoms with Crippen molar-refractivity contribution in [1.29, 1.82) is 5.26 Å². The van der Waals surface area contributed by atoms with Crippen molar-refractivity contribution >= 4 is 11.8 Å². The molecular formula is C12H14N6S. The molecule has 0 radical (unpaired) electrons. The van der Waals surface area contributed by atoms with Crippen molar-refractivity contribution in [3.8, 4) is 6.07 Å². The van der Waals surface area contributed by atoms with Crippen LogP contribution in [0.15, 0.2) is 29.4 Å². The van der Waals surface area contributed by atoms with Crippen molar-refractivity contribution < 1.29 is 0 Å². The largest absolute Gasteiger partial charge is 0.318 e. The second kappa shape index (κ2) is 6.87. The number of tetrazole rings is 1. The van der Waals surface area contributed by atoms with Crippen LogP contribution in [0.3, 0.4) is 0 Å². The highest BCUT2D eigenvalue weighted by Gasteiger charge is 2.06. The number of hydrogen-bond acceptors (Lipinski definition) is 6. The number of benzene rings is 1. The Morgan fingerprint density at radius 3 is 2.84 bits per heavy atom. The van der Waals surface area contributed by atoms with Gasteiger partial charge in [0.05, 0.1) is 18.2 Å². The van der Waals surface area contributed by atoms with Crippen LogP contribution in [0.25, 0.3) is 0 Å². The van der Waals surface area contributed by atoms with E-state index in [1.54, 1.807) is 16.4 Å². The molecule has 98 valence electrons. The van der Waals surface area contributed by atoms with Crippen LogP contribution >= 0.6 is 11.8 Å². The summed E-state index contributed by atoms with van der Waals surface area (Å²) in [5.74, 6) is 0.783. The van der Waals surface area contributed by atoms with Crippen molar-refractivity contribution in [2.24, 2.45) is 0 Å². The lowest BCUT2D eigenvalue weighted by Gasteiger charge is -2.03. The maximum Gasteiger partial charge on any atom is 0.209 e. The predicted octanol–water partition coefficient (Wildman–Crippen LogP) is 1.06. The lowest BCUT2D eigenvalue weighted by Crippen LogP contribution is -2.16. The zero-order valence-electron chi connectivity index (χ0n) is 10.6. The molecule has 0 aliphatic rings. The third-order valence-corrected chi connectivity index (χ3v) is 3.55. The zero-order chi connectivity index (χ0) is 13.5. The molecule has 2 aromatic rings. The minimum atomic E-state index is 0.674. The molecule has 0 bridgehead atoms. The van der Waals surface area contributed by atoms with E-state index in [-0.39, 0.29) is 0 Å². The van der Waals surface area contributed by atoms with Crippen LogP contribution in [-0.2, 0) is 12.3 Å². The van der Waals surface area contributed by atoms with Crippen molar-refractivity contribution in [2.45, 2.75) is 17.5 Å². The first kappa shape index (κ1) is 13.5. The molecule has 0 spiro atoms. The fourth-order valence-electron chi connectivity index (χ4n) is 1.48. The first-order chi connectivity index (χ1) is 9.33. The maximum absolute atomic E-state index is 8.74. The number of likely N-dealkylation sites (N-methyl/N-ethyl adjacent to an activating group) is 1. The molecule has 19 heavy (non-hydrogen) atoms. The Hall–Kier alpha value is -1.91. The first-order valence-corrected chi connectivity index (χ1v) is 6.84. The Kier molecular flexibility index (Phi) is 4.89. The highest BCUT2D eigenvalue weighted by atomic mass is 32.2. The van der Waals surface area contributed by atoms with Crippen LogP contribution in [0.1, 0.15) is 11.1 Å². The van der Waals surface area contributed by atoms with Gasteiger partial charge in [0.15, 0.2) is 0 Å². The number of thioether (sulfide) groups is 1. The van der Waals surface area contributed by atoms with Gasteiger partial charge in [0.1, 0.15) is 0 Å². The fourth-order valence-corrected chi connectivity index (χ4v) is 2.34. The molecule has 0 saturated carbocycles. The summed E-state index contributed by atoms with van der Waals surface area (Å²) in [5.41, 5.74) is 1.82. The average molecular weight is 274 g/mol.